The van der Waals surface area contributed by atoms with E-state index in [0.717, 1.165) is 5.69 Å². The van der Waals surface area contributed by atoms with Gasteiger partial charge in [0.15, 0.2) is 0 Å². The number of aryl methyl sites for hydroxylation is 2. The van der Waals surface area contributed by atoms with Crippen molar-refractivity contribution >= 4 is 10.8 Å². The summed E-state index contributed by atoms with van der Waals surface area (Å²) in [6, 6.07) is 20.5. The average Bonchev–Trinajstić information content (AvgIpc) is 2.76. The van der Waals surface area contributed by atoms with Crippen LogP contribution in [0.5, 0.6) is 0 Å². The number of fused-ring (bicyclic) bond motifs is 5. The molecule has 1 aromatic heterocycles. The lowest BCUT2D eigenvalue weighted by Crippen LogP contribution is -1.93. The van der Waals surface area contributed by atoms with Crippen LogP contribution in [0.3, 0.4) is 0 Å². The van der Waals surface area contributed by atoms with Crippen molar-refractivity contribution in [2.24, 2.45) is 0 Å². The van der Waals surface area contributed by atoms with Crippen LogP contribution in [0.25, 0.3) is 44.3 Å². The first-order valence-electron chi connectivity index (χ1n) is 9.68. The van der Waals surface area contributed by atoms with Crippen LogP contribution in [0.15, 0.2) is 60.8 Å². The molecule has 1 nitrogen and oxygen atoms in total. The van der Waals surface area contributed by atoms with Gasteiger partial charge in [0.2, 0.25) is 0 Å². The number of pyridine rings is 1. The predicted octanol–water partition coefficient (Wildman–Crippen LogP) is 7.29. The Bertz CT molecular complexity index is 1210. The second-order valence-corrected chi connectivity index (χ2v) is 8.08. The lowest BCUT2D eigenvalue weighted by Gasteiger charge is -2.15. The maximum absolute atomic E-state index is 4.85. The molecular weight excluding hydrogens is 326 g/mol. The van der Waals surface area contributed by atoms with Crippen LogP contribution in [0, 0.1) is 13.8 Å². The molecule has 0 saturated heterocycles. The molecule has 3 aromatic carbocycles. The summed E-state index contributed by atoms with van der Waals surface area (Å²) in [4.78, 5) is 4.85. The van der Waals surface area contributed by atoms with Crippen LogP contribution in [0.1, 0.15) is 36.5 Å². The topological polar surface area (TPSA) is 12.9 Å². The molecule has 0 saturated carbocycles. The molecule has 0 aliphatic heterocycles. The highest BCUT2D eigenvalue weighted by atomic mass is 14.7. The van der Waals surface area contributed by atoms with Crippen LogP contribution in [0.2, 0.25) is 0 Å². The van der Waals surface area contributed by atoms with Gasteiger partial charge in [-0.2, -0.15) is 0 Å². The maximum atomic E-state index is 4.85. The first-order chi connectivity index (χ1) is 13.0. The smallest absolute Gasteiger partial charge is 0.0792 e. The van der Waals surface area contributed by atoms with E-state index in [0.29, 0.717) is 5.92 Å². The number of hydrogen-bond donors (Lipinski definition) is 0. The zero-order valence-electron chi connectivity index (χ0n) is 16.3. The summed E-state index contributed by atoms with van der Waals surface area (Å²) in [5.41, 5.74) is 11.5. The van der Waals surface area contributed by atoms with Gasteiger partial charge in [0.25, 0.3) is 0 Å². The van der Waals surface area contributed by atoms with Crippen LogP contribution in [-0.2, 0) is 0 Å². The van der Waals surface area contributed by atoms with Crippen molar-refractivity contribution in [1.29, 1.82) is 0 Å². The van der Waals surface area contributed by atoms with E-state index in [1.165, 1.54) is 55.3 Å². The minimum absolute atomic E-state index is 0.490. The van der Waals surface area contributed by atoms with Crippen molar-refractivity contribution in [1.82, 2.24) is 4.98 Å². The number of hydrogen-bond acceptors (Lipinski definition) is 1. The average molecular weight is 349 g/mol. The molecule has 0 unspecified atom stereocenters. The van der Waals surface area contributed by atoms with Crippen molar-refractivity contribution in [3.8, 4) is 33.5 Å². The molecule has 0 spiro atoms. The quantitative estimate of drug-likeness (QED) is 0.309. The Morgan fingerprint density at radius 2 is 1.33 bits per heavy atom. The molecule has 1 heterocycles. The Labute approximate surface area is 160 Å². The summed E-state index contributed by atoms with van der Waals surface area (Å²) in [5.74, 6) is 0.490. The van der Waals surface area contributed by atoms with E-state index < -0.39 is 0 Å². The third-order valence-electron chi connectivity index (χ3n) is 5.74. The summed E-state index contributed by atoms with van der Waals surface area (Å²) in [7, 11) is 0. The van der Waals surface area contributed by atoms with Crippen LogP contribution < -0.4 is 0 Å². The van der Waals surface area contributed by atoms with Gasteiger partial charge in [-0.15, -0.1) is 0 Å². The highest BCUT2D eigenvalue weighted by Crippen LogP contribution is 2.47. The zero-order valence-corrected chi connectivity index (χ0v) is 16.3. The van der Waals surface area contributed by atoms with Gasteiger partial charge in [0.1, 0.15) is 0 Å². The van der Waals surface area contributed by atoms with Gasteiger partial charge < -0.3 is 0 Å². The molecule has 4 aromatic rings. The summed E-state index contributed by atoms with van der Waals surface area (Å²) in [5, 5.41) is 2.55. The van der Waals surface area contributed by atoms with E-state index in [1.54, 1.807) is 0 Å². The van der Waals surface area contributed by atoms with Gasteiger partial charge in [-0.3, -0.25) is 4.98 Å². The fraction of sp³-hybridized carbons (Fsp3) is 0.192. The molecule has 1 aliphatic rings. The van der Waals surface area contributed by atoms with Gasteiger partial charge in [-0.1, -0.05) is 73.5 Å². The Morgan fingerprint density at radius 3 is 2.04 bits per heavy atom. The van der Waals surface area contributed by atoms with Gasteiger partial charge in [-0.25, -0.2) is 0 Å². The molecule has 0 amide bonds. The SMILES string of the molecule is Cc1ccc2c(c1)-c1cc(C)ccc1-c1nccc3cc(C(C)C)cc-2c13. The minimum atomic E-state index is 0.490. The lowest BCUT2D eigenvalue weighted by molar-refractivity contribution is 0.869. The standard InChI is InChI=1S/C26H23N/c1-15(2)19-13-18-9-10-27-26-21-8-6-17(4)12-23(21)22-11-16(3)5-7-20(22)24(14-19)25(18)26/h5-15H,1-4H3. The molecule has 1 heteroatoms. The van der Waals surface area contributed by atoms with Gasteiger partial charge in [-0.05, 0) is 59.0 Å². The number of rotatable bonds is 1. The molecule has 1 aliphatic carbocycles. The molecule has 0 radical (unpaired) electrons. The molecule has 0 atom stereocenters. The molecule has 0 N–H and O–H groups in total. The highest BCUT2D eigenvalue weighted by Gasteiger charge is 2.23. The molecule has 0 fully saturated rings. The Kier molecular flexibility index (Phi) is 3.48. The van der Waals surface area contributed by atoms with E-state index in [4.69, 9.17) is 4.98 Å². The van der Waals surface area contributed by atoms with Crippen LogP contribution >= 0.6 is 0 Å². The van der Waals surface area contributed by atoms with E-state index in [1.807, 2.05) is 6.20 Å². The van der Waals surface area contributed by atoms with Crippen LogP contribution in [0.4, 0.5) is 0 Å². The van der Waals surface area contributed by atoms with Crippen molar-refractivity contribution < 1.29 is 0 Å². The van der Waals surface area contributed by atoms with E-state index in [-0.39, 0.29) is 0 Å². The first kappa shape index (κ1) is 16.3. The highest BCUT2D eigenvalue weighted by molar-refractivity contribution is 6.12. The Balaban J connectivity index is 2.03. The Hall–Kier alpha value is -2.93. The van der Waals surface area contributed by atoms with Gasteiger partial charge in [0.05, 0.1) is 5.69 Å². The first-order valence-corrected chi connectivity index (χ1v) is 9.68. The van der Waals surface area contributed by atoms with Crippen LogP contribution in [-0.4, -0.2) is 4.98 Å². The lowest BCUT2D eigenvalue weighted by atomic mass is 9.89. The van der Waals surface area contributed by atoms with Crippen molar-refractivity contribution in [3.05, 3.63) is 77.5 Å². The third kappa shape index (κ3) is 2.42. The molecule has 27 heavy (non-hydrogen) atoms. The third-order valence-corrected chi connectivity index (χ3v) is 5.74. The number of benzene rings is 3. The molecule has 132 valence electrons. The summed E-state index contributed by atoms with van der Waals surface area (Å²) in [6.07, 6.45) is 1.95. The second-order valence-electron chi connectivity index (χ2n) is 8.08. The van der Waals surface area contributed by atoms with Gasteiger partial charge in [0, 0.05) is 17.1 Å². The van der Waals surface area contributed by atoms with Crippen molar-refractivity contribution in [2.45, 2.75) is 33.6 Å². The largest absolute Gasteiger partial charge is 0.256 e. The second kappa shape index (κ2) is 5.79. The summed E-state index contributed by atoms with van der Waals surface area (Å²) in [6.45, 7) is 8.87. The zero-order chi connectivity index (χ0) is 18.7. The van der Waals surface area contributed by atoms with E-state index in [2.05, 4.69) is 82.3 Å². The molecular formula is C26H23N. The van der Waals surface area contributed by atoms with E-state index >= 15 is 0 Å². The number of nitrogens with zero attached hydrogens (tertiary/aromatic N) is 1. The maximum Gasteiger partial charge on any atom is 0.0792 e. The molecule has 5 rings (SSSR count). The fourth-order valence-electron chi connectivity index (χ4n) is 4.29. The molecule has 0 bridgehead atoms. The van der Waals surface area contributed by atoms with Crippen molar-refractivity contribution in [2.75, 3.05) is 0 Å². The predicted molar refractivity (Wildman–Crippen MR) is 115 cm³/mol. The normalized spacial score (nSPS) is 12.0. The van der Waals surface area contributed by atoms with Gasteiger partial charge >= 0.3 is 0 Å². The minimum Gasteiger partial charge on any atom is -0.256 e. The van der Waals surface area contributed by atoms with E-state index in [9.17, 15) is 0 Å². The summed E-state index contributed by atoms with van der Waals surface area (Å²) < 4.78 is 0. The Morgan fingerprint density at radius 1 is 0.667 bits per heavy atom. The summed E-state index contributed by atoms with van der Waals surface area (Å²) >= 11 is 0. The monoisotopic (exact) mass is 349 g/mol. The fourth-order valence-corrected chi connectivity index (χ4v) is 4.29. The number of aromatic nitrogens is 1. The van der Waals surface area contributed by atoms with Crippen molar-refractivity contribution in [3.63, 3.8) is 0 Å².